The molecule has 1 amide bonds. The number of anilines is 1. The normalized spacial score (nSPS) is 19.4. The summed E-state index contributed by atoms with van der Waals surface area (Å²) in [5.74, 6) is -2.67. The molecule has 1 aliphatic rings. The highest BCUT2D eigenvalue weighted by Gasteiger charge is 2.32. The van der Waals surface area contributed by atoms with Crippen LogP contribution in [-0.2, 0) is 4.79 Å². The number of amides is 1. The first kappa shape index (κ1) is 12.7. The smallest absolute Gasteiger partial charge is 0.307 e. The molecule has 0 spiro atoms. The van der Waals surface area contributed by atoms with E-state index in [0.29, 0.717) is 6.07 Å². The number of nitro benzene ring substituents is 1. The number of halogens is 2. The van der Waals surface area contributed by atoms with Crippen molar-refractivity contribution < 1.29 is 18.5 Å². The molecule has 1 saturated heterocycles. The van der Waals surface area contributed by atoms with Gasteiger partial charge < -0.3 is 4.90 Å². The van der Waals surface area contributed by atoms with E-state index >= 15 is 0 Å². The molecular weight excluding hydrogens is 266 g/mol. The Morgan fingerprint density at radius 2 is 2.06 bits per heavy atom. The number of rotatable bonds is 2. The van der Waals surface area contributed by atoms with Crippen LogP contribution < -0.4 is 4.90 Å². The van der Waals surface area contributed by atoms with Crippen molar-refractivity contribution in [2.75, 3.05) is 11.4 Å². The van der Waals surface area contributed by atoms with Gasteiger partial charge in [-0.2, -0.15) is 17.0 Å². The molecule has 1 aromatic rings. The Morgan fingerprint density at radius 1 is 1.39 bits per heavy atom. The Bertz CT molecular complexity index is 538. The Labute approximate surface area is 106 Å². The molecule has 0 saturated carbocycles. The Kier molecular flexibility index (Phi) is 3.20. The SMILES string of the molecule is O=C1CC(S)CN1c1cc([N+](=O)[O-])c(F)cc1F. The minimum atomic E-state index is -1.27. The van der Waals surface area contributed by atoms with Gasteiger partial charge in [-0.15, -0.1) is 0 Å². The summed E-state index contributed by atoms with van der Waals surface area (Å²) in [6.07, 6.45) is 0.119. The number of hydrogen-bond donors (Lipinski definition) is 1. The fourth-order valence-corrected chi connectivity index (χ4v) is 2.11. The first-order valence-corrected chi connectivity index (χ1v) is 5.53. The van der Waals surface area contributed by atoms with Gasteiger partial charge in [0.15, 0.2) is 0 Å². The lowest BCUT2D eigenvalue weighted by Crippen LogP contribution is -2.25. The maximum atomic E-state index is 13.6. The van der Waals surface area contributed by atoms with Crippen molar-refractivity contribution in [1.82, 2.24) is 0 Å². The molecule has 1 fully saturated rings. The second-order valence-electron chi connectivity index (χ2n) is 3.87. The van der Waals surface area contributed by atoms with Crippen LogP contribution in [-0.4, -0.2) is 22.6 Å². The van der Waals surface area contributed by atoms with Crippen molar-refractivity contribution in [3.05, 3.63) is 33.9 Å². The van der Waals surface area contributed by atoms with Gasteiger partial charge in [-0.1, -0.05) is 0 Å². The van der Waals surface area contributed by atoms with Crippen LogP contribution in [0.5, 0.6) is 0 Å². The lowest BCUT2D eigenvalue weighted by atomic mass is 10.2. The number of thiol groups is 1. The van der Waals surface area contributed by atoms with E-state index in [-0.39, 0.29) is 23.9 Å². The van der Waals surface area contributed by atoms with Crippen LogP contribution in [0.2, 0.25) is 0 Å². The monoisotopic (exact) mass is 274 g/mol. The summed E-state index contributed by atoms with van der Waals surface area (Å²) < 4.78 is 26.7. The van der Waals surface area contributed by atoms with Crippen LogP contribution in [0.25, 0.3) is 0 Å². The second-order valence-corrected chi connectivity index (χ2v) is 4.60. The van der Waals surface area contributed by atoms with Crippen molar-refractivity contribution in [2.24, 2.45) is 0 Å². The second kappa shape index (κ2) is 4.52. The summed E-state index contributed by atoms with van der Waals surface area (Å²) in [6, 6.07) is 1.14. The first-order chi connectivity index (χ1) is 8.40. The predicted octanol–water partition coefficient (Wildman–Crippen LogP) is 1.91. The summed E-state index contributed by atoms with van der Waals surface area (Å²) in [6.45, 7) is 0.141. The molecule has 0 radical (unpaired) electrons. The topological polar surface area (TPSA) is 63.5 Å². The molecule has 1 aliphatic heterocycles. The van der Waals surface area contributed by atoms with Gasteiger partial charge in [0.1, 0.15) is 5.82 Å². The van der Waals surface area contributed by atoms with Gasteiger partial charge in [-0.3, -0.25) is 14.9 Å². The Balaban J connectivity index is 2.48. The summed E-state index contributed by atoms with van der Waals surface area (Å²) in [5.41, 5.74) is -1.15. The van der Waals surface area contributed by atoms with E-state index in [1.165, 1.54) is 0 Å². The van der Waals surface area contributed by atoms with Crippen LogP contribution in [0, 0.1) is 21.7 Å². The molecule has 1 aromatic carbocycles. The average Bonchev–Trinajstić information content (AvgIpc) is 2.57. The average molecular weight is 274 g/mol. The Morgan fingerprint density at radius 3 is 2.56 bits per heavy atom. The molecule has 1 heterocycles. The fourth-order valence-electron chi connectivity index (χ4n) is 1.79. The van der Waals surface area contributed by atoms with Gasteiger partial charge in [0, 0.05) is 30.3 Å². The molecule has 1 atom stereocenters. The van der Waals surface area contributed by atoms with Gasteiger partial charge in [-0.05, 0) is 0 Å². The summed E-state index contributed by atoms with van der Waals surface area (Å²) in [4.78, 5) is 22.2. The number of hydrogen-bond acceptors (Lipinski definition) is 4. The lowest BCUT2D eigenvalue weighted by molar-refractivity contribution is -0.387. The molecule has 5 nitrogen and oxygen atoms in total. The highest BCUT2D eigenvalue weighted by Crippen LogP contribution is 2.31. The zero-order chi connectivity index (χ0) is 13.4. The van der Waals surface area contributed by atoms with Crippen LogP contribution in [0.4, 0.5) is 20.2 Å². The lowest BCUT2D eigenvalue weighted by Gasteiger charge is -2.16. The Hall–Kier alpha value is -1.70. The number of benzene rings is 1. The van der Waals surface area contributed by atoms with E-state index < -0.39 is 28.2 Å². The maximum absolute atomic E-state index is 13.6. The predicted molar refractivity (Wildman–Crippen MR) is 62.8 cm³/mol. The molecule has 2 rings (SSSR count). The summed E-state index contributed by atoms with van der Waals surface area (Å²) >= 11 is 4.09. The standard InChI is InChI=1S/C10H8F2N2O3S/c11-6-2-7(12)9(14(16)17)3-8(6)13-4-5(18)1-10(13)15/h2-3,5,18H,1,4H2. The van der Waals surface area contributed by atoms with Crippen molar-refractivity contribution >= 4 is 29.9 Å². The van der Waals surface area contributed by atoms with Gasteiger partial charge >= 0.3 is 5.69 Å². The third-order valence-electron chi connectivity index (χ3n) is 2.61. The highest BCUT2D eigenvalue weighted by atomic mass is 32.1. The molecule has 0 aromatic heterocycles. The molecule has 0 N–H and O–H groups in total. The fraction of sp³-hybridized carbons (Fsp3) is 0.300. The zero-order valence-corrected chi connectivity index (χ0v) is 9.86. The van der Waals surface area contributed by atoms with E-state index in [1.807, 2.05) is 0 Å². The number of nitro groups is 1. The molecule has 0 aliphatic carbocycles. The number of carbonyl (C=O) groups excluding carboxylic acids is 1. The number of carbonyl (C=O) groups is 1. The largest absolute Gasteiger partial charge is 0.308 e. The van der Waals surface area contributed by atoms with E-state index in [4.69, 9.17) is 0 Å². The third-order valence-corrected chi connectivity index (χ3v) is 2.95. The van der Waals surface area contributed by atoms with Crippen molar-refractivity contribution in [3.63, 3.8) is 0 Å². The number of nitrogens with zero attached hydrogens (tertiary/aromatic N) is 2. The highest BCUT2D eigenvalue weighted by molar-refractivity contribution is 7.81. The quantitative estimate of drug-likeness (QED) is 0.509. The van der Waals surface area contributed by atoms with E-state index in [0.717, 1.165) is 11.0 Å². The molecule has 18 heavy (non-hydrogen) atoms. The van der Waals surface area contributed by atoms with Gasteiger partial charge in [0.2, 0.25) is 11.7 Å². The minimum absolute atomic E-state index is 0.119. The molecular formula is C10H8F2N2O3S. The van der Waals surface area contributed by atoms with E-state index in [1.54, 1.807) is 0 Å². The van der Waals surface area contributed by atoms with Gasteiger partial charge in [0.05, 0.1) is 10.6 Å². The summed E-state index contributed by atoms with van der Waals surface area (Å²) in [7, 11) is 0. The molecule has 8 heteroatoms. The third kappa shape index (κ3) is 2.15. The first-order valence-electron chi connectivity index (χ1n) is 5.02. The minimum Gasteiger partial charge on any atom is -0.308 e. The van der Waals surface area contributed by atoms with E-state index in [9.17, 15) is 23.7 Å². The zero-order valence-electron chi connectivity index (χ0n) is 8.97. The molecule has 1 unspecified atom stereocenters. The van der Waals surface area contributed by atoms with Crippen molar-refractivity contribution in [1.29, 1.82) is 0 Å². The maximum Gasteiger partial charge on any atom is 0.307 e. The van der Waals surface area contributed by atoms with Crippen LogP contribution in [0.1, 0.15) is 6.42 Å². The van der Waals surface area contributed by atoms with Crippen LogP contribution >= 0.6 is 12.6 Å². The molecule has 0 bridgehead atoms. The van der Waals surface area contributed by atoms with E-state index in [2.05, 4.69) is 12.6 Å². The van der Waals surface area contributed by atoms with Gasteiger partial charge in [-0.25, -0.2) is 4.39 Å². The molecule has 96 valence electrons. The van der Waals surface area contributed by atoms with Crippen LogP contribution in [0.3, 0.4) is 0 Å². The van der Waals surface area contributed by atoms with Crippen LogP contribution in [0.15, 0.2) is 12.1 Å². The van der Waals surface area contributed by atoms with Crippen molar-refractivity contribution in [3.8, 4) is 0 Å². The summed E-state index contributed by atoms with van der Waals surface area (Å²) in [5, 5.41) is 10.3. The van der Waals surface area contributed by atoms with Gasteiger partial charge in [0.25, 0.3) is 0 Å². The van der Waals surface area contributed by atoms with Crippen molar-refractivity contribution in [2.45, 2.75) is 11.7 Å².